The van der Waals surface area contributed by atoms with Crippen molar-refractivity contribution in [1.29, 1.82) is 0 Å². The van der Waals surface area contributed by atoms with Crippen molar-refractivity contribution in [3.05, 3.63) is 228 Å². The topological polar surface area (TPSA) is 3.24 Å². The molecule has 0 aliphatic heterocycles. The second-order valence-electron chi connectivity index (χ2n) is 18.1. The molecule has 0 unspecified atom stereocenters. The van der Waals surface area contributed by atoms with Crippen molar-refractivity contribution in [2.24, 2.45) is 0 Å². The Bertz CT molecular complexity index is 2880. The summed E-state index contributed by atoms with van der Waals surface area (Å²) in [6.45, 7) is 9.41. The zero-order valence-corrected chi connectivity index (χ0v) is 35.4. The Kier molecular flexibility index (Phi) is 8.72. The van der Waals surface area contributed by atoms with Gasteiger partial charge in [0.05, 0.1) is 0 Å². The number of anilines is 3. The zero-order chi connectivity index (χ0) is 41.3. The van der Waals surface area contributed by atoms with Gasteiger partial charge in [0.2, 0.25) is 0 Å². The van der Waals surface area contributed by atoms with Crippen LogP contribution in [0.3, 0.4) is 0 Å². The molecule has 1 heteroatoms. The summed E-state index contributed by atoms with van der Waals surface area (Å²) in [7, 11) is 0. The van der Waals surface area contributed by atoms with Crippen molar-refractivity contribution in [2.75, 3.05) is 4.90 Å². The molecule has 8 aromatic carbocycles. The number of allylic oxidation sites excluding steroid dienone is 4. The molecule has 61 heavy (non-hydrogen) atoms. The summed E-state index contributed by atoms with van der Waals surface area (Å²) in [5, 5.41) is 0. The molecule has 0 N–H and O–H groups in total. The summed E-state index contributed by atoms with van der Waals surface area (Å²) in [4.78, 5) is 2.38. The van der Waals surface area contributed by atoms with Crippen LogP contribution in [0.1, 0.15) is 68.4 Å². The van der Waals surface area contributed by atoms with E-state index in [0.717, 1.165) is 29.9 Å². The Hall–Kier alpha value is -6.96. The fourth-order valence-corrected chi connectivity index (χ4v) is 10.3. The molecule has 3 aliphatic carbocycles. The predicted octanol–water partition coefficient (Wildman–Crippen LogP) is 16.5. The molecule has 11 rings (SSSR count). The van der Waals surface area contributed by atoms with Gasteiger partial charge in [0.15, 0.2) is 0 Å². The lowest BCUT2D eigenvalue weighted by molar-refractivity contribution is 0.660. The molecule has 294 valence electrons. The smallest absolute Gasteiger partial charge is 0.0462 e. The van der Waals surface area contributed by atoms with Gasteiger partial charge in [0.25, 0.3) is 0 Å². The first kappa shape index (κ1) is 37.1. The predicted molar refractivity (Wildman–Crippen MR) is 259 cm³/mol. The largest absolute Gasteiger partial charge is 0.311 e. The van der Waals surface area contributed by atoms with Gasteiger partial charge in [0.1, 0.15) is 0 Å². The Morgan fingerprint density at radius 2 is 0.721 bits per heavy atom. The van der Waals surface area contributed by atoms with Crippen LogP contribution >= 0.6 is 0 Å². The summed E-state index contributed by atoms with van der Waals surface area (Å²) in [5.41, 5.74) is 24.4. The van der Waals surface area contributed by atoms with Crippen molar-refractivity contribution >= 4 is 22.6 Å². The molecule has 8 aromatic rings. The molecular formula is C60H49N. The van der Waals surface area contributed by atoms with Crippen LogP contribution in [-0.2, 0) is 10.8 Å². The van der Waals surface area contributed by atoms with Gasteiger partial charge in [-0.2, -0.15) is 0 Å². The van der Waals surface area contributed by atoms with Gasteiger partial charge in [0, 0.05) is 27.9 Å². The van der Waals surface area contributed by atoms with Gasteiger partial charge in [-0.3, -0.25) is 0 Å². The fraction of sp³-hybridized carbons (Fsp3) is 0.133. The molecular weight excluding hydrogens is 735 g/mol. The average molecular weight is 784 g/mol. The van der Waals surface area contributed by atoms with Crippen molar-refractivity contribution < 1.29 is 0 Å². The highest BCUT2D eigenvalue weighted by Crippen LogP contribution is 2.51. The van der Waals surface area contributed by atoms with E-state index in [0.29, 0.717) is 0 Å². The minimum Gasteiger partial charge on any atom is -0.311 e. The van der Waals surface area contributed by atoms with Crippen molar-refractivity contribution in [3.63, 3.8) is 0 Å². The molecule has 1 nitrogen and oxygen atoms in total. The summed E-state index contributed by atoms with van der Waals surface area (Å²) in [6.07, 6.45) is 8.88. The average Bonchev–Trinajstić information content (AvgIpc) is 3.69. The van der Waals surface area contributed by atoms with Gasteiger partial charge >= 0.3 is 0 Å². The second-order valence-corrected chi connectivity index (χ2v) is 18.1. The normalized spacial score (nSPS) is 15.0. The number of hydrogen-bond acceptors (Lipinski definition) is 1. The van der Waals surface area contributed by atoms with E-state index in [9.17, 15) is 0 Å². The summed E-state index contributed by atoms with van der Waals surface area (Å²) in [5.74, 6) is 0. The standard InChI is InChI=1S/C60H49N/c1-59(2)55-16-10-8-14-51(55)53-36-28-46(38-57(53)59)44-24-32-49(33-25-44)61(48-30-22-43(23-31-48)42-20-18-41(19-21-42)40-12-6-5-7-13-40)50-34-26-45(27-35-50)47-29-37-54-52-15-9-11-17-56(52)60(3,4)58(54)39-47/h5-6,8-12,14-39H,7,13H2,1-4H3. The minimum absolute atomic E-state index is 0.0371. The molecule has 0 amide bonds. The van der Waals surface area contributed by atoms with Crippen LogP contribution < -0.4 is 4.90 Å². The third kappa shape index (κ3) is 6.22. The van der Waals surface area contributed by atoms with E-state index in [2.05, 4.69) is 233 Å². The first-order chi connectivity index (χ1) is 29.7. The van der Waals surface area contributed by atoms with Gasteiger partial charge in [-0.15, -0.1) is 0 Å². The summed E-state index contributed by atoms with van der Waals surface area (Å²) < 4.78 is 0. The highest BCUT2D eigenvalue weighted by Gasteiger charge is 2.36. The molecule has 0 atom stereocenters. The molecule has 0 aromatic heterocycles. The molecule has 0 bridgehead atoms. The fourth-order valence-electron chi connectivity index (χ4n) is 10.3. The van der Waals surface area contributed by atoms with Crippen LogP contribution in [0.25, 0.3) is 61.2 Å². The number of nitrogens with zero attached hydrogens (tertiary/aromatic N) is 1. The minimum atomic E-state index is -0.0371. The van der Waals surface area contributed by atoms with Crippen molar-refractivity contribution in [1.82, 2.24) is 0 Å². The van der Waals surface area contributed by atoms with E-state index in [-0.39, 0.29) is 10.8 Å². The third-order valence-electron chi connectivity index (χ3n) is 13.8. The van der Waals surface area contributed by atoms with Crippen LogP contribution in [-0.4, -0.2) is 0 Å². The number of hydrogen-bond donors (Lipinski definition) is 0. The lowest BCUT2D eigenvalue weighted by atomic mass is 9.81. The van der Waals surface area contributed by atoms with Gasteiger partial charge in [-0.1, -0.05) is 179 Å². The van der Waals surface area contributed by atoms with E-state index in [1.54, 1.807) is 0 Å². The lowest BCUT2D eigenvalue weighted by Gasteiger charge is -2.26. The zero-order valence-electron chi connectivity index (χ0n) is 35.4. The Morgan fingerprint density at radius 3 is 1.15 bits per heavy atom. The molecule has 0 fully saturated rings. The Balaban J connectivity index is 0.933. The van der Waals surface area contributed by atoms with E-state index in [4.69, 9.17) is 0 Å². The van der Waals surface area contributed by atoms with E-state index < -0.39 is 0 Å². The van der Waals surface area contributed by atoms with Gasteiger partial charge in [-0.25, -0.2) is 0 Å². The SMILES string of the molecule is CC1(C)c2ccccc2-c2ccc(-c3ccc(N(c4ccc(-c5ccc(C6=CC=CCC6)cc5)cc4)c4ccc(-c5ccc6c(c5)C(C)(C)c5ccccc5-6)cc4)cc3)cc21. The summed E-state index contributed by atoms with van der Waals surface area (Å²) >= 11 is 0. The maximum absolute atomic E-state index is 2.41. The van der Waals surface area contributed by atoms with E-state index in [1.165, 1.54) is 89.0 Å². The molecule has 0 spiro atoms. The Morgan fingerprint density at radius 1 is 0.361 bits per heavy atom. The second kappa shape index (κ2) is 14.4. The first-order valence-electron chi connectivity index (χ1n) is 21.8. The maximum Gasteiger partial charge on any atom is 0.0462 e. The van der Waals surface area contributed by atoms with Crippen LogP contribution in [0.2, 0.25) is 0 Å². The quantitative estimate of drug-likeness (QED) is 0.156. The van der Waals surface area contributed by atoms with Crippen molar-refractivity contribution in [2.45, 2.75) is 51.4 Å². The highest BCUT2D eigenvalue weighted by atomic mass is 15.1. The van der Waals surface area contributed by atoms with E-state index in [1.807, 2.05) is 0 Å². The van der Waals surface area contributed by atoms with Gasteiger partial charge < -0.3 is 4.90 Å². The van der Waals surface area contributed by atoms with Crippen LogP contribution in [0, 0.1) is 0 Å². The molecule has 0 radical (unpaired) electrons. The van der Waals surface area contributed by atoms with Crippen LogP contribution in [0.4, 0.5) is 17.1 Å². The molecule has 0 heterocycles. The Labute approximate surface area is 361 Å². The van der Waals surface area contributed by atoms with Crippen molar-refractivity contribution in [3.8, 4) is 55.6 Å². The van der Waals surface area contributed by atoms with Crippen LogP contribution in [0.15, 0.2) is 200 Å². The lowest BCUT2D eigenvalue weighted by Crippen LogP contribution is -2.14. The third-order valence-corrected chi connectivity index (χ3v) is 13.8. The molecule has 3 aliphatic rings. The molecule has 0 saturated heterocycles. The number of rotatable bonds is 7. The maximum atomic E-state index is 2.41. The molecule has 0 saturated carbocycles. The summed E-state index contributed by atoms with van der Waals surface area (Å²) in [6, 6.07) is 68.1. The van der Waals surface area contributed by atoms with E-state index >= 15 is 0 Å². The monoisotopic (exact) mass is 783 g/mol. The highest BCUT2D eigenvalue weighted by molar-refractivity contribution is 5.87. The van der Waals surface area contributed by atoms with Crippen LogP contribution in [0.5, 0.6) is 0 Å². The number of fused-ring (bicyclic) bond motifs is 6. The first-order valence-corrected chi connectivity index (χ1v) is 21.8. The van der Waals surface area contributed by atoms with Gasteiger partial charge in [-0.05, 0) is 150 Å². The number of benzene rings is 8.